The third-order valence-electron chi connectivity index (χ3n) is 1.67. The standard InChI is InChI=1S/C6H9F3O2/c1-4-2-5(10,11-3-4)6(7,8)9/h4,10H,2-3H2,1H3. The highest BCUT2D eigenvalue weighted by Crippen LogP contribution is 2.40. The number of halogens is 3. The smallest absolute Gasteiger partial charge is 0.359 e. The molecule has 1 heterocycles. The average molecular weight is 170 g/mol. The molecule has 0 spiro atoms. The van der Waals surface area contributed by atoms with E-state index in [9.17, 15) is 13.2 Å². The largest absolute Gasteiger partial charge is 0.443 e. The molecule has 0 amide bonds. The number of hydrogen-bond donors (Lipinski definition) is 1. The molecule has 0 aliphatic carbocycles. The van der Waals surface area contributed by atoms with Gasteiger partial charge in [0.15, 0.2) is 0 Å². The van der Waals surface area contributed by atoms with Crippen LogP contribution < -0.4 is 0 Å². The molecule has 1 saturated heterocycles. The molecule has 0 saturated carbocycles. The van der Waals surface area contributed by atoms with Gasteiger partial charge in [0.2, 0.25) is 0 Å². The van der Waals surface area contributed by atoms with Crippen LogP contribution in [0.5, 0.6) is 0 Å². The van der Waals surface area contributed by atoms with Gasteiger partial charge < -0.3 is 9.84 Å². The molecule has 1 fully saturated rings. The van der Waals surface area contributed by atoms with Crippen molar-refractivity contribution in [1.29, 1.82) is 0 Å². The van der Waals surface area contributed by atoms with Gasteiger partial charge in [-0.25, -0.2) is 0 Å². The van der Waals surface area contributed by atoms with Crippen LogP contribution >= 0.6 is 0 Å². The average Bonchev–Trinajstić information content (AvgIpc) is 2.10. The van der Waals surface area contributed by atoms with Gasteiger partial charge in [0.1, 0.15) is 0 Å². The molecule has 2 nitrogen and oxygen atoms in total. The Morgan fingerprint density at radius 2 is 2.09 bits per heavy atom. The molecule has 1 aliphatic heterocycles. The lowest BCUT2D eigenvalue weighted by molar-refractivity contribution is -0.349. The Morgan fingerprint density at radius 3 is 2.27 bits per heavy atom. The maximum atomic E-state index is 11.9. The first-order valence-electron chi connectivity index (χ1n) is 3.28. The van der Waals surface area contributed by atoms with Crippen molar-refractivity contribution in [3.63, 3.8) is 0 Å². The quantitative estimate of drug-likeness (QED) is 0.593. The van der Waals surface area contributed by atoms with E-state index in [1.807, 2.05) is 0 Å². The second-order valence-electron chi connectivity index (χ2n) is 2.90. The summed E-state index contributed by atoms with van der Waals surface area (Å²) in [5.41, 5.74) is 0. The number of ether oxygens (including phenoxy) is 1. The number of alkyl halides is 3. The highest BCUT2D eigenvalue weighted by Gasteiger charge is 2.58. The van der Waals surface area contributed by atoms with Crippen molar-refractivity contribution < 1.29 is 23.0 Å². The third kappa shape index (κ3) is 1.49. The molecule has 66 valence electrons. The van der Waals surface area contributed by atoms with Crippen LogP contribution in [0.3, 0.4) is 0 Å². The predicted octanol–water partition coefficient (Wildman–Crippen LogP) is 1.29. The van der Waals surface area contributed by atoms with E-state index in [-0.39, 0.29) is 18.9 Å². The Hall–Kier alpha value is -0.290. The fourth-order valence-electron chi connectivity index (χ4n) is 1.07. The second kappa shape index (κ2) is 2.35. The van der Waals surface area contributed by atoms with Gasteiger partial charge in [-0.2, -0.15) is 13.2 Å². The molecule has 5 heteroatoms. The summed E-state index contributed by atoms with van der Waals surface area (Å²) in [6, 6.07) is 0. The van der Waals surface area contributed by atoms with E-state index < -0.39 is 12.0 Å². The van der Waals surface area contributed by atoms with Crippen molar-refractivity contribution in [2.24, 2.45) is 5.92 Å². The van der Waals surface area contributed by atoms with E-state index in [4.69, 9.17) is 5.11 Å². The summed E-state index contributed by atoms with van der Waals surface area (Å²) in [5.74, 6) is -3.13. The Morgan fingerprint density at radius 1 is 1.55 bits per heavy atom. The van der Waals surface area contributed by atoms with Crippen molar-refractivity contribution in [3.05, 3.63) is 0 Å². The van der Waals surface area contributed by atoms with E-state index in [0.717, 1.165) is 0 Å². The third-order valence-corrected chi connectivity index (χ3v) is 1.67. The molecule has 1 N–H and O–H groups in total. The van der Waals surface area contributed by atoms with Crippen molar-refractivity contribution in [2.45, 2.75) is 25.3 Å². The Labute approximate surface area is 62.0 Å². The molecule has 2 atom stereocenters. The molecular formula is C6H9F3O2. The molecule has 0 aromatic rings. The highest BCUT2D eigenvalue weighted by molar-refractivity contribution is 4.83. The molecule has 0 bridgehead atoms. The Kier molecular flexibility index (Phi) is 1.88. The zero-order valence-corrected chi connectivity index (χ0v) is 5.98. The minimum Gasteiger partial charge on any atom is -0.359 e. The van der Waals surface area contributed by atoms with Gasteiger partial charge in [-0.3, -0.25) is 0 Å². The number of hydrogen-bond acceptors (Lipinski definition) is 2. The van der Waals surface area contributed by atoms with E-state index in [2.05, 4.69) is 4.74 Å². The van der Waals surface area contributed by atoms with Crippen LogP contribution in [-0.2, 0) is 4.74 Å². The monoisotopic (exact) mass is 170 g/mol. The van der Waals surface area contributed by atoms with Crippen LogP contribution in [0.25, 0.3) is 0 Å². The van der Waals surface area contributed by atoms with E-state index in [0.29, 0.717) is 0 Å². The first kappa shape index (κ1) is 8.80. The van der Waals surface area contributed by atoms with Crippen LogP contribution in [0, 0.1) is 5.92 Å². The fraction of sp³-hybridized carbons (Fsp3) is 1.00. The number of aliphatic hydroxyl groups is 1. The lowest BCUT2D eigenvalue weighted by Gasteiger charge is -2.24. The minimum atomic E-state index is -4.67. The van der Waals surface area contributed by atoms with Gasteiger partial charge >= 0.3 is 6.18 Å². The van der Waals surface area contributed by atoms with Crippen LogP contribution in [0.2, 0.25) is 0 Å². The van der Waals surface area contributed by atoms with Crippen molar-refractivity contribution in [2.75, 3.05) is 6.61 Å². The Bertz CT molecular complexity index is 156. The lowest BCUT2D eigenvalue weighted by Crippen LogP contribution is -2.44. The molecule has 0 radical (unpaired) electrons. The summed E-state index contributed by atoms with van der Waals surface area (Å²) in [6.45, 7) is 1.57. The summed E-state index contributed by atoms with van der Waals surface area (Å²) in [6.07, 6.45) is -5.03. The van der Waals surface area contributed by atoms with E-state index in [1.165, 1.54) is 0 Å². The summed E-state index contributed by atoms with van der Waals surface area (Å²) in [7, 11) is 0. The van der Waals surface area contributed by atoms with Crippen molar-refractivity contribution >= 4 is 0 Å². The number of rotatable bonds is 0. The lowest BCUT2D eigenvalue weighted by atomic mass is 10.1. The highest BCUT2D eigenvalue weighted by atomic mass is 19.4. The fourth-order valence-corrected chi connectivity index (χ4v) is 1.07. The maximum Gasteiger partial charge on any atom is 0.443 e. The van der Waals surface area contributed by atoms with Gasteiger partial charge in [-0.15, -0.1) is 0 Å². The summed E-state index contributed by atoms with van der Waals surface area (Å²) < 4.78 is 40.1. The van der Waals surface area contributed by atoms with Crippen LogP contribution in [0.15, 0.2) is 0 Å². The molecule has 0 aromatic carbocycles. The zero-order valence-electron chi connectivity index (χ0n) is 5.98. The molecule has 2 unspecified atom stereocenters. The Balaban J connectivity index is 2.69. The molecule has 1 rings (SSSR count). The first-order chi connectivity index (χ1) is 4.85. The molecular weight excluding hydrogens is 161 g/mol. The van der Waals surface area contributed by atoms with Gasteiger partial charge in [0, 0.05) is 6.42 Å². The summed E-state index contributed by atoms with van der Waals surface area (Å²) >= 11 is 0. The van der Waals surface area contributed by atoms with Crippen molar-refractivity contribution in [1.82, 2.24) is 0 Å². The van der Waals surface area contributed by atoms with Crippen LogP contribution in [-0.4, -0.2) is 23.7 Å². The topological polar surface area (TPSA) is 29.5 Å². The molecule has 11 heavy (non-hydrogen) atoms. The summed E-state index contributed by atoms with van der Waals surface area (Å²) in [5, 5.41) is 8.85. The van der Waals surface area contributed by atoms with E-state index >= 15 is 0 Å². The zero-order chi connectivity index (χ0) is 8.70. The van der Waals surface area contributed by atoms with Crippen LogP contribution in [0.1, 0.15) is 13.3 Å². The molecule has 1 aliphatic rings. The van der Waals surface area contributed by atoms with Gasteiger partial charge in [-0.05, 0) is 5.92 Å². The van der Waals surface area contributed by atoms with Gasteiger partial charge in [-0.1, -0.05) is 6.92 Å². The maximum absolute atomic E-state index is 11.9. The SMILES string of the molecule is CC1COC(O)(C(F)(F)F)C1. The molecule has 0 aromatic heterocycles. The second-order valence-corrected chi connectivity index (χ2v) is 2.90. The minimum absolute atomic E-state index is 0.0317. The first-order valence-corrected chi connectivity index (χ1v) is 3.28. The normalized spacial score (nSPS) is 39.5. The van der Waals surface area contributed by atoms with Crippen molar-refractivity contribution in [3.8, 4) is 0 Å². The van der Waals surface area contributed by atoms with Gasteiger partial charge in [0.25, 0.3) is 5.79 Å². The predicted molar refractivity (Wildman–Crippen MR) is 30.7 cm³/mol. The summed E-state index contributed by atoms with van der Waals surface area (Å²) in [4.78, 5) is 0. The van der Waals surface area contributed by atoms with Gasteiger partial charge in [0.05, 0.1) is 6.61 Å². The van der Waals surface area contributed by atoms with E-state index in [1.54, 1.807) is 6.92 Å². The van der Waals surface area contributed by atoms with Crippen LogP contribution in [0.4, 0.5) is 13.2 Å².